The van der Waals surface area contributed by atoms with Crippen molar-refractivity contribution in [2.24, 2.45) is 0 Å². The summed E-state index contributed by atoms with van der Waals surface area (Å²) in [6, 6.07) is 7.95. The van der Waals surface area contributed by atoms with Crippen LogP contribution in [-0.2, 0) is 4.79 Å². The van der Waals surface area contributed by atoms with Crippen molar-refractivity contribution in [1.82, 2.24) is 10.6 Å². The SMILES string of the molecule is Cc1ccccc1N1CC[NH+](CC(=O)NC(=O)NC(C)(C)C)CC1. The molecule has 6 nitrogen and oxygen atoms in total. The molecule has 0 saturated carbocycles. The third-order valence-corrected chi connectivity index (χ3v) is 4.08. The van der Waals surface area contributed by atoms with Gasteiger partial charge in [0.2, 0.25) is 0 Å². The van der Waals surface area contributed by atoms with Gasteiger partial charge in [-0.2, -0.15) is 0 Å². The molecular formula is C18H29N4O2+. The first-order valence-electron chi connectivity index (χ1n) is 8.51. The van der Waals surface area contributed by atoms with Crippen LogP contribution in [0.2, 0.25) is 0 Å². The summed E-state index contributed by atoms with van der Waals surface area (Å²) in [6.07, 6.45) is 0. The van der Waals surface area contributed by atoms with E-state index >= 15 is 0 Å². The predicted octanol–water partition coefficient (Wildman–Crippen LogP) is 0.324. The molecule has 1 heterocycles. The van der Waals surface area contributed by atoms with Crippen molar-refractivity contribution in [3.8, 4) is 0 Å². The highest BCUT2D eigenvalue weighted by Crippen LogP contribution is 2.18. The summed E-state index contributed by atoms with van der Waals surface area (Å²) < 4.78 is 0. The molecule has 2 rings (SSSR count). The van der Waals surface area contributed by atoms with Crippen molar-refractivity contribution >= 4 is 17.6 Å². The molecule has 0 spiro atoms. The number of hydrogen-bond donors (Lipinski definition) is 3. The topological polar surface area (TPSA) is 65.9 Å². The second-order valence-corrected chi connectivity index (χ2v) is 7.45. The molecule has 1 fully saturated rings. The van der Waals surface area contributed by atoms with Gasteiger partial charge in [-0.1, -0.05) is 18.2 Å². The smallest absolute Gasteiger partial charge is 0.322 e. The van der Waals surface area contributed by atoms with Gasteiger partial charge in [-0.05, 0) is 39.3 Å². The molecule has 1 aliphatic heterocycles. The number of nitrogens with zero attached hydrogens (tertiary/aromatic N) is 1. The van der Waals surface area contributed by atoms with Crippen molar-refractivity contribution in [3.63, 3.8) is 0 Å². The highest BCUT2D eigenvalue weighted by molar-refractivity contribution is 5.94. The van der Waals surface area contributed by atoms with Crippen LogP contribution in [0.1, 0.15) is 26.3 Å². The highest BCUT2D eigenvalue weighted by atomic mass is 16.2. The van der Waals surface area contributed by atoms with Crippen LogP contribution >= 0.6 is 0 Å². The molecule has 1 aliphatic rings. The van der Waals surface area contributed by atoms with Gasteiger partial charge in [-0.25, -0.2) is 4.79 Å². The zero-order valence-electron chi connectivity index (χ0n) is 15.1. The lowest BCUT2D eigenvalue weighted by Gasteiger charge is -2.34. The third-order valence-electron chi connectivity index (χ3n) is 4.08. The summed E-state index contributed by atoms with van der Waals surface area (Å²) in [4.78, 5) is 27.3. The van der Waals surface area contributed by atoms with Crippen molar-refractivity contribution in [3.05, 3.63) is 29.8 Å². The standard InChI is InChI=1S/C18H28N4O2/c1-14-7-5-6-8-15(14)22-11-9-21(10-12-22)13-16(23)19-17(24)20-18(2,3)4/h5-8H,9-13H2,1-4H3,(H2,19,20,23,24)/p+1. The van der Waals surface area contributed by atoms with Crippen LogP contribution in [0.5, 0.6) is 0 Å². The molecule has 6 heteroatoms. The summed E-state index contributed by atoms with van der Waals surface area (Å²) in [5.74, 6) is -0.226. The average molecular weight is 333 g/mol. The van der Waals surface area contributed by atoms with Gasteiger partial charge in [-0.15, -0.1) is 0 Å². The summed E-state index contributed by atoms with van der Waals surface area (Å²) in [6.45, 7) is 11.7. The van der Waals surface area contributed by atoms with Crippen LogP contribution in [0, 0.1) is 6.92 Å². The van der Waals surface area contributed by atoms with Crippen LogP contribution in [0.25, 0.3) is 0 Å². The molecule has 132 valence electrons. The van der Waals surface area contributed by atoms with Crippen molar-refractivity contribution < 1.29 is 14.5 Å². The molecule has 1 aromatic rings. The number of anilines is 1. The van der Waals surface area contributed by atoms with Gasteiger partial charge in [0.1, 0.15) is 0 Å². The van der Waals surface area contributed by atoms with E-state index in [2.05, 4.69) is 40.7 Å². The van der Waals surface area contributed by atoms with Crippen LogP contribution in [0.15, 0.2) is 24.3 Å². The molecule has 1 aromatic carbocycles. The van der Waals surface area contributed by atoms with E-state index in [-0.39, 0.29) is 11.4 Å². The van der Waals surface area contributed by atoms with Crippen LogP contribution in [0.4, 0.5) is 10.5 Å². The van der Waals surface area contributed by atoms with Crippen LogP contribution in [-0.4, -0.2) is 50.2 Å². The predicted molar refractivity (Wildman–Crippen MR) is 95.4 cm³/mol. The summed E-state index contributed by atoms with van der Waals surface area (Å²) in [5, 5.41) is 5.15. The number of piperazine rings is 1. The zero-order valence-corrected chi connectivity index (χ0v) is 15.1. The maximum Gasteiger partial charge on any atom is 0.322 e. The Hall–Kier alpha value is -2.08. The molecule has 0 radical (unpaired) electrons. The number of nitrogens with one attached hydrogen (secondary N) is 3. The summed E-state index contributed by atoms with van der Waals surface area (Å²) >= 11 is 0. The van der Waals surface area contributed by atoms with Crippen molar-refractivity contribution in [2.45, 2.75) is 33.2 Å². The second kappa shape index (κ2) is 7.66. The largest absolute Gasteiger partial charge is 0.360 e. The maximum atomic E-state index is 12.0. The number of carbonyl (C=O) groups excluding carboxylic acids is 2. The van der Waals surface area contributed by atoms with E-state index < -0.39 is 6.03 Å². The lowest BCUT2D eigenvalue weighted by molar-refractivity contribution is -0.892. The van der Waals surface area contributed by atoms with Gasteiger partial charge >= 0.3 is 6.03 Å². The van der Waals surface area contributed by atoms with E-state index in [9.17, 15) is 9.59 Å². The molecule has 0 aromatic heterocycles. The first-order chi connectivity index (χ1) is 11.2. The van der Waals surface area contributed by atoms with E-state index in [4.69, 9.17) is 0 Å². The first kappa shape index (κ1) is 18.3. The maximum absolute atomic E-state index is 12.0. The minimum atomic E-state index is -0.426. The number of quaternary nitrogens is 1. The number of carbonyl (C=O) groups is 2. The fourth-order valence-corrected chi connectivity index (χ4v) is 2.93. The lowest BCUT2D eigenvalue weighted by atomic mass is 10.1. The molecular weight excluding hydrogens is 304 g/mol. The van der Waals surface area contributed by atoms with E-state index in [0.717, 1.165) is 26.2 Å². The van der Waals surface area contributed by atoms with Crippen LogP contribution < -0.4 is 20.4 Å². The Balaban J connectivity index is 1.78. The quantitative estimate of drug-likeness (QED) is 0.747. The number of benzene rings is 1. The van der Waals surface area contributed by atoms with Crippen LogP contribution in [0.3, 0.4) is 0 Å². The molecule has 3 amide bonds. The Morgan fingerprint density at radius 3 is 2.38 bits per heavy atom. The number of rotatable bonds is 3. The summed E-state index contributed by atoms with van der Waals surface area (Å²) in [7, 11) is 0. The zero-order chi connectivity index (χ0) is 17.7. The van der Waals surface area contributed by atoms with Gasteiger partial charge in [0.05, 0.1) is 26.2 Å². The molecule has 0 bridgehead atoms. The highest BCUT2D eigenvalue weighted by Gasteiger charge is 2.24. The molecule has 24 heavy (non-hydrogen) atoms. The fraction of sp³-hybridized carbons (Fsp3) is 0.556. The number of para-hydroxylation sites is 1. The van der Waals surface area contributed by atoms with E-state index in [1.54, 1.807) is 0 Å². The van der Waals surface area contributed by atoms with E-state index in [1.807, 2.05) is 26.8 Å². The Morgan fingerprint density at radius 1 is 1.17 bits per heavy atom. The number of amides is 3. The summed E-state index contributed by atoms with van der Waals surface area (Å²) in [5.41, 5.74) is 2.19. The fourth-order valence-electron chi connectivity index (χ4n) is 2.93. The van der Waals surface area contributed by atoms with Gasteiger partial charge in [0, 0.05) is 11.2 Å². The molecule has 0 unspecified atom stereocenters. The third kappa shape index (κ3) is 5.53. The molecule has 1 saturated heterocycles. The molecule has 3 N–H and O–H groups in total. The Labute approximate surface area is 144 Å². The normalized spacial score (nSPS) is 15.9. The number of hydrogen-bond acceptors (Lipinski definition) is 3. The lowest BCUT2D eigenvalue weighted by Crippen LogP contribution is -3.16. The number of imide groups is 1. The minimum absolute atomic E-state index is 0.226. The minimum Gasteiger partial charge on any atom is -0.360 e. The Bertz CT molecular complexity index is 587. The molecule has 0 aliphatic carbocycles. The Kier molecular flexibility index (Phi) is 5.83. The van der Waals surface area contributed by atoms with Gasteiger partial charge in [0.15, 0.2) is 6.54 Å². The van der Waals surface area contributed by atoms with Crippen molar-refractivity contribution in [2.75, 3.05) is 37.6 Å². The van der Waals surface area contributed by atoms with Gasteiger partial charge in [0.25, 0.3) is 5.91 Å². The van der Waals surface area contributed by atoms with Gasteiger partial charge in [-0.3, -0.25) is 10.1 Å². The molecule has 0 atom stereocenters. The van der Waals surface area contributed by atoms with E-state index in [1.165, 1.54) is 16.2 Å². The van der Waals surface area contributed by atoms with E-state index in [0.29, 0.717) is 6.54 Å². The monoisotopic (exact) mass is 333 g/mol. The van der Waals surface area contributed by atoms with Gasteiger partial charge < -0.3 is 15.1 Å². The first-order valence-corrected chi connectivity index (χ1v) is 8.51. The Morgan fingerprint density at radius 2 is 1.79 bits per heavy atom. The number of urea groups is 1. The number of aryl methyl sites for hydroxylation is 1. The average Bonchev–Trinajstić information content (AvgIpc) is 2.46. The van der Waals surface area contributed by atoms with Crippen molar-refractivity contribution in [1.29, 1.82) is 0 Å². The second-order valence-electron chi connectivity index (χ2n) is 7.45.